The largest absolute Gasteiger partial charge is 0.390 e. The van der Waals surface area contributed by atoms with E-state index in [1.54, 1.807) is 19.1 Å². The SMILES string of the molecule is CCOC1(CC)OCC(=O)[C@@]2(O1)[C@H](C)C[C@H]1[C@@H]3CCC4=CC(=O)C=C[C@]4(C)[C@@]3(F)[C@@H](O)C[C@@]12C. The normalized spacial score (nSPS) is 52.3. The number of hydrogen-bond donors (Lipinski definition) is 1. The standard InChI is InChI=1S/C27H37FO6/c1-6-25(32-7-2)33-15-22(31)27(34-25)16(3)12-20-19-9-8-17-13-18(29)10-11-23(17,4)26(19,28)21(30)14-24(20,27)5/h10-11,13,16,19-21,30H,6-9,12,14-15H2,1-5H3/t16-,19+,20+,21+,23+,24+,25?,26+,27+/m1/s1. The van der Waals surface area contributed by atoms with Crippen LogP contribution in [0, 0.1) is 28.6 Å². The van der Waals surface area contributed by atoms with Gasteiger partial charge >= 0.3 is 0 Å². The lowest BCUT2D eigenvalue weighted by molar-refractivity contribution is -0.435. The summed E-state index contributed by atoms with van der Waals surface area (Å²) >= 11 is 0. The van der Waals surface area contributed by atoms with Crippen molar-refractivity contribution in [3.8, 4) is 0 Å². The predicted octanol–water partition coefficient (Wildman–Crippen LogP) is 4.06. The Morgan fingerprint density at radius 3 is 2.65 bits per heavy atom. The van der Waals surface area contributed by atoms with Gasteiger partial charge in [-0.2, -0.15) is 0 Å². The van der Waals surface area contributed by atoms with Crippen LogP contribution in [0.25, 0.3) is 0 Å². The number of aliphatic hydroxyl groups is 1. The molecule has 1 spiro atoms. The fraction of sp³-hybridized carbons (Fsp3) is 0.778. The van der Waals surface area contributed by atoms with Crippen LogP contribution in [0.4, 0.5) is 4.39 Å². The Hall–Kier alpha value is -1.41. The number of carbonyl (C=O) groups is 2. The van der Waals surface area contributed by atoms with E-state index in [1.807, 2.05) is 27.7 Å². The highest BCUT2D eigenvalue weighted by Gasteiger charge is 2.78. The molecule has 3 saturated carbocycles. The number of carbonyl (C=O) groups excluding carboxylic acids is 2. The summed E-state index contributed by atoms with van der Waals surface area (Å²) in [5.41, 5.74) is -4.24. The van der Waals surface area contributed by atoms with Crippen LogP contribution in [-0.2, 0) is 23.8 Å². The molecule has 0 aromatic carbocycles. The van der Waals surface area contributed by atoms with Crippen molar-refractivity contribution in [2.75, 3.05) is 13.2 Å². The van der Waals surface area contributed by atoms with Crippen molar-refractivity contribution in [1.29, 1.82) is 0 Å². The number of rotatable bonds is 3. The van der Waals surface area contributed by atoms with Crippen molar-refractivity contribution in [3.63, 3.8) is 0 Å². The Bertz CT molecular complexity index is 976. The van der Waals surface area contributed by atoms with E-state index in [0.29, 0.717) is 32.3 Å². The van der Waals surface area contributed by atoms with Crippen LogP contribution in [0.1, 0.15) is 66.7 Å². The lowest BCUT2D eigenvalue weighted by Crippen LogP contribution is -2.72. The minimum Gasteiger partial charge on any atom is -0.390 e. The molecule has 7 heteroatoms. The molecule has 5 rings (SSSR count). The Balaban J connectivity index is 1.61. The van der Waals surface area contributed by atoms with Crippen LogP contribution >= 0.6 is 0 Å². The van der Waals surface area contributed by atoms with E-state index in [9.17, 15) is 14.7 Å². The van der Waals surface area contributed by atoms with Crippen LogP contribution in [0.15, 0.2) is 23.8 Å². The molecule has 188 valence electrons. The third-order valence-corrected chi connectivity index (χ3v) is 10.1. The fourth-order valence-electron chi connectivity index (χ4n) is 8.52. The zero-order chi connectivity index (χ0) is 24.7. The monoisotopic (exact) mass is 476 g/mol. The molecular formula is C27H37FO6. The third-order valence-electron chi connectivity index (χ3n) is 10.1. The zero-order valence-corrected chi connectivity index (χ0v) is 20.9. The van der Waals surface area contributed by atoms with Crippen LogP contribution < -0.4 is 0 Å². The second kappa shape index (κ2) is 7.55. The first-order valence-electron chi connectivity index (χ1n) is 12.8. The van der Waals surface area contributed by atoms with Gasteiger partial charge in [0, 0.05) is 29.8 Å². The summed E-state index contributed by atoms with van der Waals surface area (Å²) in [6, 6.07) is 0. The molecule has 0 aromatic rings. The van der Waals surface area contributed by atoms with Gasteiger partial charge < -0.3 is 19.3 Å². The molecule has 1 heterocycles. The zero-order valence-electron chi connectivity index (χ0n) is 20.9. The number of ketones is 2. The lowest BCUT2D eigenvalue weighted by Gasteiger charge is -2.63. The van der Waals surface area contributed by atoms with Gasteiger partial charge in [-0.3, -0.25) is 9.59 Å². The third kappa shape index (κ3) is 2.70. The minimum absolute atomic E-state index is 0.0946. The summed E-state index contributed by atoms with van der Waals surface area (Å²) < 4.78 is 35.7. The molecule has 5 aliphatic rings. The van der Waals surface area contributed by atoms with Gasteiger partial charge in [-0.15, -0.1) is 0 Å². The van der Waals surface area contributed by atoms with E-state index in [4.69, 9.17) is 14.2 Å². The summed E-state index contributed by atoms with van der Waals surface area (Å²) in [4.78, 5) is 25.7. The summed E-state index contributed by atoms with van der Waals surface area (Å²) in [7, 11) is 0. The van der Waals surface area contributed by atoms with Crippen LogP contribution in [-0.4, -0.2) is 53.2 Å². The molecule has 1 aliphatic heterocycles. The molecule has 9 atom stereocenters. The first-order valence-corrected chi connectivity index (χ1v) is 12.8. The maximum atomic E-state index is 17.4. The molecule has 1 saturated heterocycles. The first-order chi connectivity index (χ1) is 15.9. The van der Waals surface area contributed by atoms with E-state index in [0.717, 1.165) is 5.57 Å². The van der Waals surface area contributed by atoms with Crippen LogP contribution in [0.5, 0.6) is 0 Å². The van der Waals surface area contributed by atoms with E-state index in [2.05, 4.69) is 0 Å². The number of halogens is 1. The number of aliphatic hydroxyl groups excluding tert-OH is 1. The molecule has 4 aliphatic carbocycles. The summed E-state index contributed by atoms with van der Waals surface area (Å²) in [5.74, 6) is -2.44. The van der Waals surface area contributed by atoms with Crippen molar-refractivity contribution < 1.29 is 33.3 Å². The summed E-state index contributed by atoms with van der Waals surface area (Å²) in [5, 5.41) is 11.6. The Morgan fingerprint density at radius 2 is 1.97 bits per heavy atom. The molecule has 1 unspecified atom stereocenters. The number of allylic oxidation sites excluding steroid dienone is 4. The number of Topliss-reactive ketones (excluding diaryl/α,β-unsaturated/α-hetero) is 1. The molecule has 0 aromatic heterocycles. The Labute approximate surface area is 200 Å². The highest BCUT2D eigenvalue weighted by Crippen LogP contribution is 2.72. The molecule has 0 radical (unpaired) electrons. The maximum absolute atomic E-state index is 17.4. The molecule has 1 N–H and O–H groups in total. The summed E-state index contributed by atoms with van der Waals surface area (Å²) in [6.45, 7) is 9.79. The smallest absolute Gasteiger partial charge is 0.284 e. The number of ether oxygens (including phenoxy) is 3. The van der Waals surface area contributed by atoms with E-state index in [-0.39, 0.29) is 36.4 Å². The number of hydrogen-bond acceptors (Lipinski definition) is 6. The number of alkyl halides is 1. The van der Waals surface area contributed by atoms with Crippen molar-refractivity contribution in [2.45, 2.75) is 90.1 Å². The van der Waals surface area contributed by atoms with Crippen molar-refractivity contribution in [1.82, 2.24) is 0 Å². The highest BCUT2D eigenvalue weighted by molar-refractivity contribution is 6.01. The van der Waals surface area contributed by atoms with Crippen LogP contribution in [0.2, 0.25) is 0 Å². The van der Waals surface area contributed by atoms with Gasteiger partial charge in [0.05, 0.1) is 6.10 Å². The van der Waals surface area contributed by atoms with Gasteiger partial charge in [0.2, 0.25) is 0 Å². The predicted molar refractivity (Wildman–Crippen MR) is 122 cm³/mol. The first kappa shape index (κ1) is 24.3. The highest BCUT2D eigenvalue weighted by atomic mass is 19.1. The van der Waals surface area contributed by atoms with Gasteiger partial charge in [-0.25, -0.2) is 4.39 Å². The average Bonchev–Trinajstić information content (AvgIpc) is 3.00. The van der Waals surface area contributed by atoms with Gasteiger partial charge in [0.25, 0.3) is 5.97 Å². The summed E-state index contributed by atoms with van der Waals surface area (Å²) in [6.07, 6.45) is 5.56. The van der Waals surface area contributed by atoms with Gasteiger partial charge in [0.15, 0.2) is 17.2 Å². The van der Waals surface area contributed by atoms with Crippen molar-refractivity contribution >= 4 is 11.6 Å². The van der Waals surface area contributed by atoms with Gasteiger partial charge in [-0.05, 0) is 63.5 Å². The maximum Gasteiger partial charge on any atom is 0.284 e. The quantitative estimate of drug-likeness (QED) is 0.662. The van der Waals surface area contributed by atoms with Crippen LogP contribution in [0.3, 0.4) is 0 Å². The second-order valence-corrected chi connectivity index (χ2v) is 11.4. The van der Waals surface area contributed by atoms with E-state index < -0.39 is 40.1 Å². The topological polar surface area (TPSA) is 82.1 Å². The Kier molecular flexibility index (Phi) is 5.39. The fourth-order valence-corrected chi connectivity index (χ4v) is 8.52. The minimum atomic E-state index is -1.93. The average molecular weight is 477 g/mol. The second-order valence-electron chi connectivity index (χ2n) is 11.4. The molecule has 0 amide bonds. The molecule has 4 fully saturated rings. The molecule has 6 nitrogen and oxygen atoms in total. The van der Waals surface area contributed by atoms with Crippen molar-refractivity contribution in [3.05, 3.63) is 23.8 Å². The molecule has 34 heavy (non-hydrogen) atoms. The van der Waals surface area contributed by atoms with E-state index in [1.165, 1.54) is 6.08 Å². The van der Waals surface area contributed by atoms with Gasteiger partial charge in [-0.1, -0.05) is 32.4 Å². The lowest BCUT2D eigenvalue weighted by atomic mass is 9.44. The molecule has 0 bridgehead atoms. The van der Waals surface area contributed by atoms with Gasteiger partial charge in [0.1, 0.15) is 12.2 Å². The molecular weight excluding hydrogens is 439 g/mol. The van der Waals surface area contributed by atoms with Crippen molar-refractivity contribution in [2.24, 2.45) is 28.6 Å². The Morgan fingerprint density at radius 1 is 1.24 bits per heavy atom. The van der Waals surface area contributed by atoms with E-state index >= 15 is 4.39 Å². The number of fused-ring (bicyclic) bond motifs is 6.